The second-order valence-electron chi connectivity index (χ2n) is 9.01. The molecule has 1 aliphatic heterocycles. The van der Waals surface area contributed by atoms with Crippen LogP contribution in [-0.4, -0.2) is 63.9 Å². The minimum absolute atomic E-state index is 0.0199. The molecular weight excluding hydrogens is 438 g/mol. The smallest absolute Gasteiger partial charge is 0.253 e. The van der Waals surface area contributed by atoms with Gasteiger partial charge in [-0.25, -0.2) is 4.98 Å². The fourth-order valence-electron chi connectivity index (χ4n) is 4.50. The van der Waals surface area contributed by atoms with Gasteiger partial charge in [-0.15, -0.1) is 0 Å². The largest absolute Gasteiger partial charge is 0.336 e. The van der Waals surface area contributed by atoms with Gasteiger partial charge in [0.15, 0.2) is 0 Å². The van der Waals surface area contributed by atoms with Crippen LogP contribution in [0, 0.1) is 13.8 Å². The summed E-state index contributed by atoms with van der Waals surface area (Å²) < 4.78 is 2.02. The Morgan fingerprint density at radius 1 is 0.886 bits per heavy atom. The van der Waals surface area contributed by atoms with Gasteiger partial charge in [-0.3, -0.25) is 19.1 Å². The molecular formula is C28H29N5O2. The first-order chi connectivity index (χ1) is 17.0. The number of para-hydroxylation sites is 2. The molecule has 0 unspecified atom stereocenters. The van der Waals surface area contributed by atoms with Crippen molar-refractivity contribution in [2.75, 3.05) is 38.0 Å². The van der Waals surface area contributed by atoms with Gasteiger partial charge in [0.2, 0.25) is 5.91 Å². The van der Waals surface area contributed by atoms with Crippen LogP contribution in [0.15, 0.2) is 73.1 Å². The third-order valence-corrected chi connectivity index (χ3v) is 6.75. The lowest BCUT2D eigenvalue weighted by Crippen LogP contribution is -2.50. The molecule has 4 aromatic rings. The van der Waals surface area contributed by atoms with Crippen LogP contribution in [0.2, 0.25) is 0 Å². The Morgan fingerprint density at radius 3 is 2.40 bits per heavy atom. The Hall–Kier alpha value is -3.97. The van der Waals surface area contributed by atoms with E-state index in [0.29, 0.717) is 38.3 Å². The number of piperazine rings is 1. The second kappa shape index (κ2) is 9.72. The minimum Gasteiger partial charge on any atom is -0.336 e. The van der Waals surface area contributed by atoms with Crippen molar-refractivity contribution in [1.82, 2.24) is 19.4 Å². The van der Waals surface area contributed by atoms with E-state index in [-0.39, 0.29) is 11.8 Å². The van der Waals surface area contributed by atoms with Gasteiger partial charge in [-0.2, -0.15) is 0 Å². The maximum Gasteiger partial charge on any atom is 0.253 e. The van der Waals surface area contributed by atoms with Gasteiger partial charge >= 0.3 is 0 Å². The number of hydrogen-bond acceptors (Lipinski definition) is 4. The molecule has 0 radical (unpaired) electrons. The topological polar surface area (TPSA) is 70.5 Å². The zero-order valence-electron chi connectivity index (χ0n) is 20.1. The minimum atomic E-state index is -0.0268. The number of fused-ring (bicyclic) bond motifs is 1. The lowest BCUT2D eigenvalue weighted by molar-refractivity contribution is -0.117. The van der Waals surface area contributed by atoms with Gasteiger partial charge in [0.25, 0.3) is 5.91 Å². The predicted molar refractivity (Wildman–Crippen MR) is 138 cm³/mol. The molecule has 3 aromatic carbocycles. The van der Waals surface area contributed by atoms with Gasteiger partial charge in [0, 0.05) is 43.1 Å². The van der Waals surface area contributed by atoms with E-state index in [9.17, 15) is 9.59 Å². The van der Waals surface area contributed by atoms with E-state index in [1.54, 1.807) is 6.33 Å². The van der Waals surface area contributed by atoms with Crippen LogP contribution >= 0.6 is 0 Å². The quantitative estimate of drug-likeness (QED) is 0.481. The zero-order chi connectivity index (χ0) is 24.4. The molecule has 1 fully saturated rings. The Labute approximate surface area is 205 Å². The van der Waals surface area contributed by atoms with Crippen molar-refractivity contribution in [2.45, 2.75) is 13.8 Å². The summed E-state index contributed by atoms with van der Waals surface area (Å²) in [5.41, 5.74) is 6.70. The van der Waals surface area contributed by atoms with E-state index in [4.69, 9.17) is 0 Å². The van der Waals surface area contributed by atoms with Crippen molar-refractivity contribution in [3.05, 3.63) is 89.7 Å². The number of nitrogens with one attached hydrogen (secondary N) is 1. The van der Waals surface area contributed by atoms with Crippen molar-refractivity contribution >= 4 is 28.5 Å². The van der Waals surface area contributed by atoms with E-state index in [1.165, 1.54) is 0 Å². The molecule has 1 aromatic heterocycles. The average Bonchev–Trinajstić information content (AvgIpc) is 3.31. The number of aryl methyl sites for hydroxylation is 1. The number of hydrogen-bond donors (Lipinski definition) is 1. The van der Waals surface area contributed by atoms with Crippen molar-refractivity contribution in [3.63, 3.8) is 0 Å². The van der Waals surface area contributed by atoms with Gasteiger partial charge in [0.05, 0.1) is 17.6 Å². The van der Waals surface area contributed by atoms with Crippen LogP contribution in [0.5, 0.6) is 0 Å². The lowest BCUT2D eigenvalue weighted by atomic mass is 10.1. The molecule has 7 heteroatoms. The van der Waals surface area contributed by atoms with Gasteiger partial charge in [-0.05, 0) is 67.4 Å². The molecule has 2 amide bonds. The molecule has 5 rings (SSSR count). The van der Waals surface area contributed by atoms with E-state index in [0.717, 1.165) is 33.5 Å². The van der Waals surface area contributed by atoms with Crippen LogP contribution in [0.3, 0.4) is 0 Å². The van der Waals surface area contributed by atoms with Gasteiger partial charge < -0.3 is 10.2 Å². The van der Waals surface area contributed by atoms with Crippen LogP contribution in [0.25, 0.3) is 16.7 Å². The van der Waals surface area contributed by atoms with E-state index < -0.39 is 0 Å². The number of carbonyl (C=O) groups is 2. The number of imidazole rings is 1. The Balaban J connectivity index is 1.16. The maximum atomic E-state index is 13.1. The van der Waals surface area contributed by atoms with E-state index in [1.807, 2.05) is 90.0 Å². The SMILES string of the molecule is Cc1cccc(NC(=O)CN2CCN(C(=O)c3ccc(-n4cnc5ccccc54)cc3)CC2)c1C. The summed E-state index contributed by atoms with van der Waals surface area (Å²) in [5.74, 6) is -0.00684. The maximum absolute atomic E-state index is 13.1. The summed E-state index contributed by atoms with van der Waals surface area (Å²) in [6.45, 7) is 6.92. The summed E-state index contributed by atoms with van der Waals surface area (Å²) in [6.07, 6.45) is 1.80. The van der Waals surface area contributed by atoms with Crippen molar-refractivity contribution in [3.8, 4) is 5.69 Å². The Bertz CT molecular complexity index is 1370. The highest BCUT2D eigenvalue weighted by Gasteiger charge is 2.23. The Kier molecular flexibility index (Phi) is 6.33. The molecule has 0 aliphatic carbocycles. The predicted octanol–water partition coefficient (Wildman–Crippen LogP) is 4.04. The van der Waals surface area contributed by atoms with E-state index >= 15 is 0 Å². The van der Waals surface area contributed by atoms with Crippen LogP contribution in [0.1, 0.15) is 21.5 Å². The zero-order valence-corrected chi connectivity index (χ0v) is 20.1. The van der Waals surface area contributed by atoms with Crippen LogP contribution in [0.4, 0.5) is 5.69 Å². The third kappa shape index (κ3) is 4.81. The molecule has 178 valence electrons. The molecule has 1 aliphatic rings. The summed E-state index contributed by atoms with van der Waals surface area (Å²) in [4.78, 5) is 34.0. The Morgan fingerprint density at radius 2 is 1.63 bits per heavy atom. The first-order valence-electron chi connectivity index (χ1n) is 11.9. The second-order valence-corrected chi connectivity index (χ2v) is 9.01. The molecule has 0 atom stereocenters. The number of anilines is 1. The fraction of sp³-hybridized carbons (Fsp3) is 0.250. The number of benzene rings is 3. The molecule has 1 N–H and O–H groups in total. The number of rotatable bonds is 5. The van der Waals surface area contributed by atoms with Crippen LogP contribution in [-0.2, 0) is 4.79 Å². The molecule has 0 bridgehead atoms. The summed E-state index contributed by atoms with van der Waals surface area (Å²) in [6, 6.07) is 21.5. The van der Waals surface area contributed by atoms with Crippen molar-refractivity contribution in [1.29, 1.82) is 0 Å². The highest BCUT2D eigenvalue weighted by molar-refractivity contribution is 5.95. The number of amides is 2. The average molecular weight is 468 g/mol. The highest BCUT2D eigenvalue weighted by Crippen LogP contribution is 2.20. The monoisotopic (exact) mass is 467 g/mol. The number of carbonyl (C=O) groups excluding carboxylic acids is 2. The molecule has 2 heterocycles. The van der Waals surface area contributed by atoms with Gasteiger partial charge in [0.1, 0.15) is 6.33 Å². The molecule has 0 saturated carbocycles. The van der Waals surface area contributed by atoms with Crippen molar-refractivity contribution < 1.29 is 9.59 Å². The van der Waals surface area contributed by atoms with Crippen LogP contribution < -0.4 is 5.32 Å². The molecule has 0 spiro atoms. The standard InChI is InChI=1S/C28H29N5O2/c1-20-6-5-8-24(21(20)2)30-27(34)18-31-14-16-32(17-15-31)28(35)22-10-12-23(13-11-22)33-19-29-25-7-3-4-9-26(25)33/h3-13,19H,14-18H2,1-2H3,(H,30,34). The molecule has 1 saturated heterocycles. The fourth-order valence-corrected chi connectivity index (χ4v) is 4.50. The number of aromatic nitrogens is 2. The molecule has 7 nitrogen and oxygen atoms in total. The third-order valence-electron chi connectivity index (χ3n) is 6.75. The molecule has 35 heavy (non-hydrogen) atoms. The number of nitrogens with zero attached hydrogens (tertiary/aromatic N) is 4. The normalized spacial score (nSPS) is 14.3. The highest BCUT2D eigenvalue weighted by atomic mass is 16.2. The summed E-state index contributed by atoms with van der Waals surface area (Å²) in [7, 11) is 0. The lowest BCUT2D eigenvalue weighted by Gasteiger charge is -2.34. The van der Waals surface area contributed by atoms with E-state index in [2.05, 4.69) is 15.2 Å². The summed E-state index contributed by atoms with van der Waals surface area (Å²) in [5, 5.41) is 3.02. The summed E-state index contributed by atoms with van der Waals surface area (Å²) >= 11 is 0. The first-order valence-corrected chi connectivity index (χ1v) is 11.9. The van der Waals surface area contributed by atoms with Crippen molar-refractivity contribution in [2.24, 2.45) is 0 Å². The first kappa shape index (κ1) is 22.8. The van der Waals surface area contributed by atoms with Gasteiger partial charge in [-0.1, -0.05) is 24.3 Å².